The molecule has 1 aliphatic rings. The summed E-state index contributed by atoms with van der Waals surface area (Å²) in [5, 5.41) is 0.915. The van der Waals surface area contributed by atoms with Crippen molar-refractivity contribution in [3.8, 4) is 5.75 Å². The third-order valence-corrected chi connectivity index (χ3v) is 6.77. The van der Waals surface area contributed by atoms with Gasteiger partial charge in [0.05, 0.1) is 28.5 Å². The highest BCUT2D eigenvalue weighted by Crippen LogP contribution is 2.39. The number of ether oxygens (including phenoxy) is 1. The largest absolute Gasteiger partial charge is 0.497 e. The Morgan fingerprint density at radius 1 is 1.30 bits per heavy atom. The first kappa shape index (κ1) is 20.4. The zero-order valence-corrected chi connectivity index (χ0v) is 18.1. The monoisotopic (exact) mass is 405 g/mol. The summed E-state index contributed by atoms with van der Waals surface area (Å²) in [5.74, 6) is 1.31. The van der Waals surface area contributed by atoms with Crippen molar-refractivity contribution < 1.29 is 18.8 Å². The van der Waals surface area contributed by atoms with Crippen molar-refractivity contribution in [1.29, 1.82) is 0 Å². The maximum absolute atomic E-state index is 11.5. The third-order valence-electron chi connectivity index (χ3n) is 4.92. The lowest BCUT2D eigenvalue weighted by Gasteiger charge is -2.32. The van der Waals surface area contributed by atoms with E-state index >= 15 is 0 Å². The molecule has 0 bridgehead atoms. The van der Waals surface area contributed by atoms with Crippen LogP contribution in [0, 0.1) is 0 Å². The van der Waals surface area contributed by atoms with E-state index in [0.29, 0.717) is 5.75 Å². The molecule has 0 aliphatic carbocycles. The Morgan fingerprint density at radius 3 is 2.56 bits per heavy atom. The van der Waals surface area contributed by atoms with Gasteiger partial charge < -0.3 is 14.0 Å². The van der Waals surface area contributed by atoms with Gasteiger partial charge in [0.1, 0.15) is 10.8 Å². The minimum absolute atomic E-state index is 0.0615. The maximum atomic E-state index is 11.5. The smallest absolute Gasteiger partial charge is 0.491 e. The van der Waals surface area contributed by atoms with Crippen LogP contribution in [0.2, 0.25) is 0 Å². The van der Waals surface area contributed by atoms with Gasteiger partial charge in [0.25, 0.3) is 0 Å². The van der Waals surface area contributed by atoms with Crippen LogP contribution >= 0.6 is 23.1 Å². The van der Waals surface area contributed by atoms with Gasteiger partial charge in [-0.3, -0.25) is 4.79 Å². The molecule has 2 aromatic rings. The number of carbonyl (C=O) groups excluding carboxylic acids is 1. The Hall–Kier alpha value is -1.35. The van der Waals surface area contributed by atoms with Gasteiger partial charge in [-0.05, 0) is 57.4 Å². The first-order valence-electron chi connectivity index (χ1n) is 8.75. The van der Waals surface area contributed by atoms with Gasteiger partial charge in [-0.15, -0.1) is 11.3 Å². The van der Waals surface area contributed by atoms with E-state index in [-0.39, 0.29) is 5.12 Å². The molecule has 3 rings (SSSR count). The summed E-state index contributed by atoms with van der Waals surface area (Å²) >= 11 is 2.82. The number of fused-ring (bicyclic) bond motifs is 1. The number of nitrogens with zero attached hydrogens (tertiary/aromatic N) is 1. The molecule has 1 fully saturated rings. The fourth-order valence-corrected chi connectivity index (χ4v) is 4.19. The van der Waals surface area contributed by atoms with Crippen LogP contribution in [0.25, 0.3) is 16.3 Å². The molecule has 0 spiro atoms. The minimum Gasteiger partial charge on any atom is -0.497 e. The first-order valence-corrected chi connectivity index (χ1v) is 10.6. The number of hydrogen-bond acceptors (Lipinski definition) is 7. The number of thioether (sulfide) groups is 1. The molecular weight excluding hydrogens is 381 g/mol. The van der Waals surface area contributed by atoms with Crippen molar-refractivity contribution in [2.45, 2.75) is 45.8 Å². The normalized spacial score (nSPS) is 18.9. The molecule has 0 atom stereocenters. The van der Waals surface area contributed by atoms with E-state index in [4.69, 9.17) is 14.0 Å². The van der Waals surface area contributed by atoms with Crippen LogP contribution in [0.3, 0.4) is 0 Å². The SMILES string of the molecule is COc1ccc2nc(C=C(CSC(C)=O)B3OC(C)(C)C(C)(C)O3)sc2c1. The Bertz CT molecular complexity index is 875. The van der Waals surface area contributed by atoms with Crippen LogP contribution in [-0.2, 0) is 14.1 Å². The van der Waals surface area contributed by atoms with E-state index in [9.17, 15) is 4.79 Å². The summed E-state index contributed by atoms with van der Waals surface area (Å²) in [6.45, 7) is 9.65. The fraction of sp³-hybridized carbons (Fsp3) is 0.474. The average Bonchev–Trinajstić information content (AvgIpc) is 3.07. The molecule has 0 saturated carbocycles. The molecular formula is C19H24BNO4S2. The van der Waals surface area contributed by atoms with Crippen molar-refractivity contribution in [3.63, 3.8) is 0 Å². The number of hydrogen-bond donors (Lipinski definition) is 0. The van der Waals surface area contributed by atoms with Crippen LogP contribution in [0.4, 0.5) is 0 Å². The molecule has 0 amide bonds. The number of aromatic nitrogens is 1. The molecule has 0 radical (unpaired) electrons. The lowest BCUT2D eigenvalue weighted by Crippen LogP contribution is -2.41. The second kappa shape index (κ2) is 7.58. The molecule has 1 saturated heterocycles. The van der Waals surface area contributed by atoms with Crippen molar-refractivity contribution >= 4 is 51.6 Å². The van der Waals surface area contributed by atoms with E-state index < -0.39 is 18.3 Å². The highest BCUT2D eigenvalue weighted by molar-refractivity contribution is 8.13. The van der Waals surface area contributed by atoms with Gasteiger partial charge in [-0.2, -0.15) is 0 Å². The van der Waals surface area contributed by atoms with Gasteiger partial charge in [-0.25, -0.2) is 4.98 Å². The molecule has 1 aliphatic heterocycles. The third kappa shape index (κ3) is 4.40. The highest BCUT2D eigenvalue weighted by Gasteiger charge is 2.52. The number of thiazole rings is 1. The highest BCUT2D eigenvalue weighted by atomic mass is 32.2. The predicted octanol–water partition coefficient (Wildman–Crippen LogP) is 4.60. The van der Waals surface area contributed by atoms with E-state index in [2.05, 4.69) is 4.98 Å². The Labute approximate surface area is 168 Å². The number of rotatable bonds is 5. The van der Waals surface area contributed by atoms with Crippen LogP contribution < -0.4 is 4.74 Å². The predicted molar refractivity (Wildman–Crippen MR) is 113 cm³/mol. The summed E-state index contributed by atoms with van der Waals surface area (Å²) in [6, 6.07) is 5.82. The molecule has 5 nitrogen and oxygen atoms in total. The zero-order valence-electron chi connectivity index (χ0n) is 16.5. The van der Waals surface area contributed by atoms with Gasteiger partial charge in [-0.1, -0.05) is 11.8 Å². The van der Waals surface area contributed by atoms with Gasteiger partial charge >= 0.3 is 7.12 Å². The minimum atomic E-state index is -0.497. The number of benzene rings is 1. The molecule has 144 valence electrons. The molecule has 2 heterocycles. The molecule has 8 heteroatoms. The van der Waals surface area contributed by atoms with E-state index in [1.807, 2.05) is 52.0 Å². The quantitative estimate of drug-likeness (QED) is 0.678. The molecule has 0 unspecified atom stereocenters. The average molecular weight is 405 g/mol. The van der Waals surface area contributed by atoms with Crippen molar-refractivity contribution in [2.75, 3.05) is 12.9 Å². The van der Waals surface area contributed by atoms with Crippen LogP contribution in [-0.4, -0.2) is 41.3 Å². The van der Waals surface area contributed by atoms with Gasteiger partial charge in [0, 0.05) is 12.7 Å². The summed E-state index contributed by atoms with van der Waals surface area (Å²) in [6.07, 6.45) is 1.98. The second-order valence-corrected chi connectivity index (χ2v) is 9.69. The van der Waals surface area contributed by atoms with Crippen molar-refractivity contribution in [2.24, 2.45) is 0 Å². The lowest BCUT2D eigenvalue weighted by atomic mass is 9.79. The number of carbonyl (C=O) groups is 1. The molecule has 27 heavy (non-hydrogen) atoms. The Morgan fingerprint density at radius 2 is 1.96 bits per heavy atom. The Balaban J connectivity index is 1.94. The topological polar surface area (TPSA) is 57.7 Å². The molecule has 0 N–H and O–H groups in total. The van der Waals surface area contributed by atoms with Gasteiger partial charge in [0.15, 0.2) is 5.12 Å². The lowest BCUT2D eigenvalue weighted by molar-refractivity contribution is -0.109. The van der Waals surface area contributed by atoms with Crippen molar-refractivity contribution in [3.05, 3.63) is 28.7 Å². The second-order valence-electron chi connectivity index (χ2n) is 7.47. The van der Waals surface area contributed by atoms with Crippen LogP contribution in [0.15, 0.2) is 23.7 Å². The van der Waals surface area contributed by atoms with Crippen LogP contribution in [0.5, 0.6) is 5.75 Å². The summed E-state index contributed by atoms with van der Waals surface area (Å²) in [5.41, 5.74) is 0.955. The van der Waals surface area contributed by atoms with E-state index in [1.54, 1.807) is 25.4 Å². The number of methoxy groups -OCH3 is 1. The first-order chi connectivity index (χ1) is 12.6. The maximum Gasteiger partial charge on any atom is 0.491 e. The standard InChI is InChI=1S/C19H24BNO4S2/c1-12(22)26-11-13(20-24-18(2,3)19(4,5)25-20)9-17-21-15-8-7-14(23-6)10-16(15)27-17/h7-10H,11H2,1-6H3. The summed E-state index contributed by atoms with van der Waals surface area (Å²) < 4.78 is 18.7. The summed E-state index contributed by atoms with van der Waals surface area (Å²) in [4.78, 5) is 16.2. The fourth-order valence-electron chi connectivity index (χ4n) is 2.63. The summed E-state index contributed by atoms with van der Waals surface area (Å²) in [7, 11) is 1.15. The van der Waals surface area contributed by atoms with Crippen molar-refractivity contribution in [1.82, 2.24) is 4.98 Å². The molecule has 1 aromatic heterocycles. The Kier molecular flexibility index (Phi) is 5.73. The van der Waals surface area contributed by atoms with E-state index in [0.717, 1.165) is 26.4 Å². The zero-order chi connectivity index (χ0) is 19.8. The van der Waals surface area contributed by atoms with Gasteiger partial charge in [0.2, 0.25) is 0 Å². The van der Waals surface area contributed by atoms with E-state index in [1.165, 1.54) is 11.8 Å². The van der Waals surface area contributed by atoms with Crippen LogP contribution in [0.1, 0.15) is 39.6 Å². The molecule has 1 aromatic carbocycles.